The molecule has 2 aromatic carbocycles. The van der Waals surface area contributed by atoms with E-state index in [0.29, 0.717) is 28.8 Å². The summed E-state index contributed by atoms with van der Waals surface area (Å²) in [6.07, 6.45) is 3.01. The average Bonchev–Trinajstić information content (AvgIpc) is 3.45. The lowest BCUT2D eigenvalue weighted by molar-refractivity contribution is 0.102. The Bertz CT molecular complexity index is 1300. The highest BCUT2D eigenvalue weighted by Gasteiger charge is 2.18. The molecule has 0 aliphatic rings. The molecule has 3 heterocycles. The summed E-state index contributed by atoms with van der Waals surface area (Å²) < 4.78 is 1.81. The van der Waals surface area contributed by atoms with Crippen LogP contribution < -0.4 is 5.32 Å². The van der Waals surface area contributed by atoms with Crippen LogP contribution in [0.2, 0.25) is 0 Å². The van der Waals surface area contributed by atoms with Crippen molar-refractivity contribution in [3.05, 3.63) is 90.4 Å². The van der Waals surface area contributed by atoms with E-state index < -0.39 is 0 Å². The lowest BCUT2D eigenvalue weighted by Crippen LogP contribution is -2.14. The zero-order valence-corrected chi connectivity index (χ0v) is 15.9. The predicted octanol–water partition coefficient (Wildman–Crippen LogP) is 3.52. The molecule has 0 radical (unpaired) electrons. The summed E-state index contributed by atoms with van der Waals surface area (Å²) in [5, 5.41) is 14.3. The van der Waals surface area contributed by atoms with Gasteiger partial charge < -0.3 is 0 Å². The van der Waals surface area contributed by atoms with Gasteiger partial charge in [-0.1, -0.05) is 60.7 Å². The van der Waals surface area contributed by atoms with Crippen LogP contribution >= 0.6 is 0 Å². The van der Waals surface area contributed by atoms with Gasteiger partial charge in [0.1, 0.15) is 6.33 Å². The fraction of sp³-hybridized carbons (Fsp3) is 0.0455. The second-order valence-corrected chi connectivity index (χ2v) is 6.73. The number of amides is 1. The fourth-order valence-electron chi connectivity index (χ4n) is 3.30. The van der Waals surface area contributed by atoms with E-state index in [-0.39, 0.29) is 11.9 Å². The number of anilines is 1. The molecule has 0 bridgehead atoms. The fourth-order valence-corrected chi connectivity index (χ4v) is 3.30. The van der Waals surface area contributed by atoms with E-state index in [1.54, 1.807) is 12.3 Å². The molecule has 146 valence electrons. The molecule has 0 saturated carbocycles. The Balaban J connectivity index is 1.63. The number of nitrogens with one attached hydrogen (secondary N) is 2. The van der Waals surface area contributed by atoms with Crippen molar-refractivity contribution in [3.8, 4) is 11.3 Å². The number of carbonyl (C=O) groups is 1. The summed E-state index contributed by atoms with van der Waals surface area (Å²) in [5.41, 5.74) is 3.82. The van der Waals surface area contributed by atoms with Gasteiger partial charge in [0.15, 0.2) is 5.65 Å². The minimum absolute atomic E-state index is 0.280. The van der Waals surface area contributed by atoms with Crippen molar-refractivity contribution in [2.24, 2.45) is 0 Å². The van der Waals surface area contributed by atoms with Crippen LogP contribution in [0.4, 0.5) is 5.95 Å². The van der Waals surface area contributed by atoms with Crippen LogP contribution in [-0.4, -0.2) is 35.9 Å². The monoisotopic (exact) mass is 395 g/mol. The Morgan fingerprint density at radius 2 is 1.80 bits per heavy atom. The highest BCUT2D eigenvalue weighted by atomic mass is 16.1. The van der Waals surface area contributed by atoms with Crippen LogP contribution in [0.15, 0.2) is 79.3 Å². The Labute approximate surface area is 171 Å². The van der Waals surface area contributed by atoms with E-state index in [4.69, 9.17) is 4.98 Å². The van der Waals surface area contributed by atoms with Gasteiger partial charge >= 0.3 is 0 Å². The van der Waals surface area contributed by atoms with Crippen LogP contribution in [0, 0.1) is 0 Å². The van der Waals surface area contributed by atoms with Crippen molar-refractivity contribution >= 4 is 22.9 Å². The molecule has 0 fully saturated rings. The normalized spacial score (nSPS) is 10.9. The number of benzene rings is 2. The van der Waals surface area contributed by atoms with Gasteiger partial charge in [-0.15, -0.1) is 0 Å². The number of aromatic nitrogens is 6. The summed E-state index contributed by atoms with van der Waals surface area (Å²) >= 11 is 0. The molecule has 0 saturated heterocycles. The molecule has 5 rings (SSSR count). The van der Waals surface area contributed by atoms with Gasteiger partial charge in [0.2, 0.25) is 5.95 Å². The lowest BCUT2D eigenvalue weighted by Gasteiger charge is -2.09. The molecule has 8 nitrogen and oxygen atoms in total. The van der Waals surface area contributed by atoms with Crippen LogP contribution in [-0.2, 0) is 6.54 Å². The second-order valence-electron chi connectivity index (χ2n) is 6.73. The molecule has 5 aromatic rings. The molecule has 0 atom stereocenters. The van der Waals surface area contributed by atoms with E-state index in [9.17, 15) is 4.79 Å². The maximum atomic E-state index is 13.0. The van der Waals surface area contributed by atoms with Crippen molar-refractivity contribution in [1.29, 1.82) is 0 Å². The molecule has 1 amide bonds. The average molecular weight is 395 g/mol. The number of carbonyl (C=O) groups excluding carboxylic acids is 1. The predicted molar refractivity (Wildman–Crippen MR) is 113 cm³/mol. The largest absolute Gasteiger partial charge is 0.291 e. The molecule has 0 aliphatic heterocycles. The number of pyridine rings is 1. The number of H-pyrrole nitrogens is 1. The van der Waals surface area contributed by atoms with E-state index in [1.165, 1.54) is 6.33 Å². The molecule has 0 unspecified atom stereocenters. The molecular weight excluding hydrogens is 378 g/mol. The minimum Gasteiger partial charge on any atom is -0.291 e. The molecule has 3 aromatic heterocycles. The van der Waals surface area contributed by atoms with E-state index in [2.05, 4.69) is 25.6 Å². The summed E-state index contributed by atoms with van der Waals surface area (Å²) in [5.74, 6) is -0.0292. The Hall–Kier alpha value is -4.33. The van der Waals surface area contributed by atoms with Crippen molar-refractivity contribution in [2.45, 2.75) is 6.54 Å². The smallest absolute Gasteiger partial charge is 0.258 e. The summed E-state index contributed by atoms with van der Waals surface area (Å²) in [7, 11) is 0. The van der Waals surface area contributed by atoms with Gasteiger partial charge in [-0.2, -0.15) is 15.2 Å². The summed E-state index contributed by atoms with van der Waals surface area (Å²) in [6.45, 7) is 0.554. The molecule has 0 aliphatic carbocycles. The Morgan fingerprint density at radius 1 is 1.03 bits per heavy atom. The number of fused-ring (bicyclic) bond motifs is 1. The van der Waals surface area contributed by atoms with Gasteiger partial charge in [-0.3, -0.25) is 10.1 Å². The standard InChI is InChI=1S/C22H17N7O/c30-21(27-22-23-14-24-28-22)17-11-19(16-9-5-2-6-10-16)26-20-18(17)12-25-29(20)13-15-7-3-1-4-8-15/h1-12,14H,13H2,(H2,23,24,27,28,30). The number of aromatic amines is 1. The number of rotatable bonds is 5. The van der Waals surface area contributed by atoms with Gasteiger partial charge in [0, 0.05) is 5.56 Å². The third-order valence-corrected chi connectivity index (χ3v) is 4.75. The number of hydrogen-bond acceptors (Lipinski definition) is 5. The zero-order valence-electron chi connectivity index (χ0n) is 15.9. The quantitative estimate of drug-likeness (QED) is 0.474. The number of nitrogens with zero attached hydrogens (tertiary/aromatic N) is 5. The van der Waals surface area contributed by atoms with Crippen molar-refractivity contribution < 1.29 is 4.79 Å². The van der Waals surface area contributed by atoms with Crippen LogP contribution in [0.25, 0.3) is 22.3 Å². The molecule has 2 N–H and O–H groups in total. The van der Waals surface area contributed by atoms with Crippen LogP contribution in [0.1, 0.15) is 15.9 Å². The van der Waals surface area contributed by atoms with Crippen LogP contribution in [0.5, 0.6) is 0 Å². The lowest BCUT2D eigenvalue weighted by atomic mass is 10.1. The number of hydrogen-bond donors (Lipinski definition) is 2. The van der Waals surface area contributed by atoms with Crippen molar-refractivity contribution in [3.63, 3.8) is 0 Å². The SMILES string of the molecule is O=C(Nc1ncn[nH]1)c1cc(-c2ccccc2)nc2c1cnn2Cc1ccccc1. The van der Waals surface area contributed by atoms with Gasteiger partial charge in [-0.05, 0) is 11.6 Å². The highest BCUT2D eigenvalue weighted by Crippen LogP contribution is 2.26. The summed E-state index contributed by atoms with van der Waals surface area (Å²) in [6, 6.07) is 21.5. The summed E-state index contributed by atoms with van der Waals surface area (Å²) in [4.78, 5) is 21.8. The first-order valence-electron chi connectivity index (χ1n) is 9.40. The van der Waals surface area contributed by atoms with Gasteiger partial charge in [0.25, 0.3) is 5.91 Å². The first kappa shape index (κ1) is 17.7. The van der Waals surface area contributed by atoms with E-state index in [1.807, 2.05) is 65.3 Å². The van der Waals surface area contributed by atoms with Gasteiger partial charge in [0.05, 0.1) is 29.4 Å². The maximum absolute atomic E-state index is 13.0. The first-order chi connectivity index (χ1) is 14.8. The Morgan fingerprint density at radius 3 is 2.53 bits per heavy atom. The first-order valence-corrected chi connectivity index (χ1v) is 9.40. The van der Waals surface area contributed by atoms with Gasteiger partial charge in [-0.25, -0.2) is 14.8 Å². The van der Waals surface area contributed by atoms with E-state index >= 15 is 0 Å². The van der Waals surface area contributed by atoms with Crippen molar-refractivity contribution in [1.82, 2.24) is 29.9 Å². The minimum atomic E-state index is -0.310. The third-order valence-electron chi connectivity index (χ3n) is 4.75. The zero-order chi connectivity index (χ0) is 20.3. The topological polar surface area (TPSA) is 101 Å². The third kappa shape index (κ3) is 3.42. The van der Waals surface area contributed by atoms with E-state index in [0.717, 1.165) is 11.1 Å². The highest BCUT2D eigenvalue weighted by molar-refractivity contribution is 6.12. The van der Waals surface area contributed by atoms with Crippen LogP contribution in [0.3, 0.4) is 0 Å². The maximum Gasteiger partial charge on any atom is 0.258 e. The van der Waals surface area contributed by atoms with Crippen molar-refractivity contribution in [2.75, 3.05) is 5.32 Å². The molecule has 30 heavy (non-hydrogen) atoms. The molecule has 8 heteroatoms. The second kappa shape index (κ2) is 7.59. The molecular formula is C22H17N7O. The molecule has 0 spiro atoms. The Kier molecular flexibility index (Phi) is 4.49.